The molecule has 1 amide bonds. The Balaban J connectivity index is 1.54. The summed E-state index contributed by atoms with van der Waals surface area (Å²) in [5.41, 5.74) is 9.98. The summed E-state index contributed by atoms with van der Waals surface area (Å²) in [7, 11) is 2.04. The second-order valence-electron chi connectivity index (χ2n) is 7.95. The zero-order chi connectivity index (χ0) is 23.2. The molecule has 12 heteroatoms. The summed E-state index contributed by atoms with van der Waals surface area (Å²) in [6.45, 7) is 0.437. The van der Waals surface area contributed by atoms with Crippen molar-refractivity contribution in [1.29, 1.82) is 0 Å². The Labute approximate surface area is 195 Å². The molecule has 3 N–H and O–H groups in total. The predicted octanol–water partition coefficient (Wildman–Crippen LogP) is 2.48. The van der Waals surface area contributed by atoms with Crippen molar-refractivity contribution in [3.05, 3.63) is 41.2 Å². The lowest BCUT2D eigenvalue weighted by Crippen LogP contribution is -2.34. The fourth-order valence-electron chi connectivity index (χ4n) is 3.92. The van der Waals surface area contributed by atoms with E-state index in [2.05, 4.69) is 36.1 Å². The van der Waals surface area contributed by atoms with Gasteiger partial charge in [0, 0.05) is 17.5 Å². The molecule has 33 heavy (non-hydrogen) atoms. The number of aromatic nitrogens is 5. The monoisotopic (exact) mass is 469 g/mol. The molecule has 0 radical (unpaired) electrons. The third-order valence-corrected chi connectivity index (χ3v) is 6.51. The number of nitrogen functional groups attached to an aromatic ring is 1. The van der Waals surface area contributed by atoms with Crippen molar-refractivity contribution in [2.45, 2.75) is 49.6 Å². The number of carbonyl (C=O) groups excluding carboxylic acids is 1. The average molecular weight is 470 g/mol. The van der Waals surface area contributed by atoms with Gasteiger partial charge in [0.1, 0.15) is 0 Å². The van der Waals surface area contributed by atoms with Gasteiger partial charge >= 0.3 is 0 Å². The number of thioether (sulfide) groups is 1. The minimum Gasteiger partial charge on any atom is -0.378 e. The van der Waals surface area contributed by atoms with Crippen LogP contribution in [-0.4, -0.2) is 61.7 Å². The first-order valence-electron chi connectivity index (χ1n) is 10.8. The first-order valence-corrected chi connectivity index (χ1v) is 12.0. The molecule has 0 saturated heterocycles. The Hall–Kier alpha value is -3.25. The lowest BCUT2D eigenvalue weighted by Gasteiger charge is -2.31. The summed E-state index contributed by atoms with van der Waals surface area (Å²) in [5.74, 6) is -0.202. The van der Waals surface area contributed by atoms with Gasteiger partial charge in [0.05, 0.1) is 11.9 Å². The van der Waals surface area contributed by atoms with Crippen molar-refractivity contribution >= 4 is 29.7 Å². The van der Waals surface area contributed by atoms with E-state index >= 15 is 0 Å². The minimum absolute atomic E-state index is 0.0696. The molecule has 3 aromatic rings. The first kappa shape index (κ1) is 22.9. The van der Waals surface area contributed by atoms with Crippen LogP contribution in [0.25, 0.3) is 5.82 Å². The highest BCUT2D eigenvalue weighted by Gasteiger charge is 2.27. The summed E-state index contributed by atoms with van der Waals surface area (Å²) < 4.78 is 6.13. The van der Waals surface area contributed by atoms with Crippen molar-refractivity contribution in [2.75, 3.05) is 19.0 Å². The SMILES string of the molecule is CSc1ccc(C=NNC(=O)c2nnn(-c3nonc3N)c2CN(C)C2CCCCC2)cc1. The molecular weight excluding hydrogens is 442 g/mol. The van der Waals surface area contributed by atoms with Crippen LogP contribution in [0.15, 0.2) is 38.9 Å². The summed E-state index contributed by atoms with van der Waals surface area (Å²) in [6.07, 6.45) is 9.50. The van der Waals surface area contributed by atoms with Crippen molar-refractivity contribution in [3.63, 3.8) is 0 Å². The molecular formula is C21H27N9O2S. The summed E-state index contributed by atoms with van der Waals surface area (Å²) in [6, 6.07) is 8.28. The van der Waals surface area contributed by atoms with Crippen LogP contribution in [0.1, 0.15) is 53.8 Å². The number of nitrogens with one attached hydrogen (secondary N) is 1. The van der Waals surface area contributed by atoms with E-state index in [0.29, 0.717) is 18.3 Å². The van der Waals surface area contributed by atoms with Crippen LogP contribution >= 0.6 is 11.8 Å². The average Bonchev–Trinajstić information content (AvgIpc) is 3.45. The Kier molecular flexibility index (Phi) is 7.35. The third kappa shape index (κ3) is 5.40. The normalized spacial score (nSPS) is 14.9. The maximum atomic E-state index is 12.9. The van der Waals surface area contributed by atoms with Gasteiger partial charge in [-0.1, -0.05) is 36.6 Å². The lowest BCUT2D eigenvalue weighted by atomic mass is 9.94. The first-order chi connectivity index (χ1) is 16.1. The molecule has 11 nitrogen and oxygen atoms in total. The quantitative estimate of drug-likeness (QED) is 0.289. The van der Waals surface area contributed by atoms with Gasteiger partial charge in [0.25, 0.3) is 5.91 Å². The van der Waals surface area contributed by atoms with Gasteiger partial charge in [-0.2, -0.15) is 9.78 Å². The van der Waals surface area contributed by atoms with E-state index in [-0.39, 0.29) is 17.3 Å². The number of benzene rings is 1. The van der Waals surface area contributed by atoms with Crippen LogP contribution in [0.4, 0.5) is 5.82 Å². The van der Waals surface area contributed by atoms with Gasteiger partial charge in [0.15, 0.2) is 5.69 Å². The Morgan fingerprint density at radius 2 is 2.06 bits per heavy atom. The maximum Gasteiger partial charge on any atom is 0.293 e. The van der Waals surface area contributed by atoms with E-state index in [1.807, 2.05) is 37.6 Å². The fourth-order valence-corrected chi connectivity index (χ4v) is 4.33. The van der Waals surface area contributed by atoms with Crippen molar-refractivity contribution in [1.82, 2.24) is 35.6 Å². The molecule has 1 aliphatic carbocycles. The van der Waals surface area contributed by atoms with Crippen LogP contribution in [0.2, 0.25) is 0 Å². The fraction of sp³-hybridized carbons (Fsp3) is 0.429. The predicted molar refractivity (Wildman–Crippen MR) is 125 cm³/mol. The van der Waals surface area contributed by atoms with E-state index in [1.165, 1.54) is 23.9 Å². The molecule has 0 bridgehead atoms. The molecule has 0 spiro atoms. The van der Waals surface area contributed by atoms with E-state index in [9.17, 15) is 4.79 Å². The van der Waals surface area contributed by atoms with E-state index in [1.54, 1.807) is 18.0 Å². The highest BCUT2D eigenvalue weighted by Crippen LogP contribution is 2.24. The molecule has 0 unspecified atom stereocenters. The number of nitrogens with zero attached hydrogens (tertiary/aromatic N) is 7. The molecule has 2 heterocycles. The molecule has 174 valence electrons. The number of amides is 1. The van der Waals surface area contributed by atoms with Crippen molar-refractivity contribution < 1.29 is 9.42 Å². The maximum absolute atomic E-state index is 12.9. The minimum atomic E-state index is -0.472. The number of anilines is 1. The number of hydrogen-bond donors (Lipinski definition) is 2. The number of nitrogens with two attached hydrogens (primary N) is 1. The van der Waals surface area contributed by atoms with Gasteiger partial charge in [-0.05, 0) is 54.2 Å². The van der Waals surface area contributed by atoms with Crippen LogP contribution in [-0.2, 0) is 6.54 Å². The highest BCUT2D eigenvalue weighted by atomic mass is 32.2. The summed E-state index contributed by atoms with van der Waals surface area (Å²) in [5, 5.41) is 19.7. The zero-order valence-electron chi connectivity index (χ0n) is 18.6. The van der Waals surface area contributed by atoms with Gasteiger partial charge in [-0.3, -0.25) is 9.69 Å². The number of rotatable bonds is 8. The number of hydrazone groups is 1. The smallest absolute Gasteiger partial charge is 0.293 e. The summed E-state index contributed by atoms with van der Waals surface area (Å²) in [4.78, 5) is 16.3. The third-order valence-electron chi connectivity index (χ3n) is 5.77. The Morgan fingerprint density at radius 3 is 2.73 bits per heavy atom. The molecule has 0 aliphatic heterocycles. The molecule has 1 saturated carbocycles. The van der Waals surface area contributed by atoms with Crippen LogP contribution in [0.3, 0.4) is 0 Å². The Morgan fingerprint density at radius 1 is 1.30 bits per heavy atom. The highest BCUT2D eigenvalue weighted by molar-refractivity contribution is 7.98. The molecule has 1 aromatic carbocycles. The second-order valence-corrected chi connectivity index (χ2v) is 8.83. The second kappa shape index (κ2) is 10.6. The van der Waals surface area contributed by atoms with Gasteiger partial charge in [-0.15, -0.1) is 16.9 Å². The lowest BCUT2D eigenvalue weighted by molar-refractivity contribution is 0.0947. The molecule has 1 aliphatic rings. The van der Waals surface area contributed by atoms with E-state index in [4.69, 9.17) is 10.4 Å². The van der Waals surface area contributed by atoms with Crippen LogP contribution < -0.4 is 11.2 Å². The van der Waals surface area contributed by atoms with Gasteiger partial charge in [0.2, 0.25) is 11.6 Å². The van der Waals surface area contributed by atoms with Gasteiger partial charge in [-0.25, -0.2) is 10.1 Å². The van der Waals surface area contributed by atoms with Crippen molar-refractivity contribution in [2.24, 2.45) is 5.10 Å². The van der Waals surface area contributed by atoms with Crippen LogP contribution in [0.5, 0.6) is 0 Å². The molecule has 2 aromatic heterocycles. The topological polar surface area (TPSA) is 140 Å². The zero-order valence-corrected chi connectivity index (χ0v) is 19.5. The van der Waals surface area contributed by atoms with E-state index in [0.717, 1.165) is 23.3 Å². The Bertz CT molecular complexity index is 1100. The van der Waals surface area contributed by atoms with Crippen LogP contribution in [0, 0.1) is 0 Å². The van der Waals surface area contributed by atoms with Crippen molar-refractivity contribution in [3.8, 4) is 5.82 Å². The summed E-state index contributed by atoms with van der Waals surface area (Å²) >= 11 is 1.66. The molecule has 0 atom stereocenters. The number of carbonyl (C=O) groups is 1. The standard InChI is InChI=1S/C21H27N9O2S/c1-29(15-6-4-3-5-7-15)13-17-18(24-28-30(17)20-19(22)26-32-27-20)21(31)25-23-12-14-8-10-16(33-2)11-9-14/h8-12,15H,3-7,13H2,1-2H3,(H2,22,26)(H,25,31). The van der Waals surface area contributed by atoms with Gasteiger partial charge < -0.3 is 5.73 Å². The van der Waals surface area contributed by atoms with E-state index < -0.39 is 5.91 Å². The number of hydrogen-bond acceptors (Lipinski definition) is 10. The molecule has 4 rings (SSSR count). The molecule has 1 fully saturated rings. The largest absolute Gasteiger partial charge is 0.378 e.